The average Bonchev–Trinajstić information content (AvgIpc) is 2.61. The van der Waals surface area contributed by atoms with Crippen LogP contribution in [0.15, 0.2) is 18.2 Å². The number of hydrogen-bond donors (Lipinski definition) is 0. The van der Waals surface area contributed by atoms with E-state index in [9.17, 15) is 4.79 Å². The summed E-state index contributed by atoms with van der Waals surface area (Å²) in [6.07, 6.45) is 0.378. The Labute approximate surface area is 97.7 Å². The standard InChI is InChI=1S/C11H10ClNO3/c1-6-4-10-13(16-6)11(14)8-5-7(12)2-3-9(8)15-10/h2-3,5-6,10H,4H2,1H3/t6-,10-/m1/s1. The lowest BCUT2D eigenvalue weighted by Gasteiger charge is -2.29. The molecule has 0 radical (unpaired) electrons. The molecule has 2 heterocycles. The molecule has 1 aromatic carbocycles. The molecule has 1 aromatic rings. The third-order valence-corrected chi connectivity index (χ3v) is 2.96. The van der Waals surface area contributed by atoms with E-state index in [-0.39, 0.29) is 18.2 Å². The predicted molar refractivity (Wildman–Crippen MR) is 57.2 cm³/mol. The van der Waals surface area contributed by atoms with Crippen molar-refractivity contribution in [1.82, 2.24) is 5.06 Å². The lowest BCUT2D eigenvalue weighted by atomic mass is 10.1. The number of rotatable bonds is 0. The number of carbonyl (C=O) groups excluding carboxylic acids is 1. The van der Waals surface area contributed by atoms with Gasteiger partial charge in [0.1, 0.15) is 5.75 Å². The van der Waals surface area contributed by atoms with E-state index >= 15 is 0 Å². The van der Waals surface area contributed by atoms with E-state index in [1.165, 1.54) is 5.06 Å². The smallest absolute Gasteiger partial charge is 0.284 e. The maximum atomic E-state index is 12.1. The van der Waals surface area contributed by atoms with E-state index in [1.54, 1.807) is 18.2 Å². The third kappa shape index (κ3) is 1.37. The monoisotopic (exact) mass is 239 g/mol. The van der Waals surface area contributed by atoms with Gasteiger partial charge >= 0.3 is 0 Å². The number of hydroxylamine groups is 2. The van der Waals surface area contributed by atoms with Gasteiger partial charge in [-0.2, -0.15) is 5.06 Å². The first-order valence-corrected chi connectivity index (χ1v) is 5.49. The molecule has 0 unspecified atom stereocenters. The van der Waals surface area contributed by atoms with Crippen LogP contribution in [0.1, 0.15) is 23.7 Å². The van der Waals surface area contributed by atoms with Crippen molar-refractivity contribution >= 4 is 17.5 Å². The lowest BCUT2D eigenvalue weighted by molar-refractivity contribution is -0.158. The Morgan fingerprint density at radius 2 is 2.31 bits per heavy atom. The van der Waals surface area contributed by atoms with Gasteiger partial charge < -0.3 is 4.74 Å². The molecule has 3 rings (SSSR count). The minimum absolute atomic E-state index is 0.00117. The normalized spacial score (nSPS) is 27.4. The second kappa shape index (κ2) is 3.37. The predicted octanol–water partition coefficient (Wildman–Crippen LogP) is 2.22. The Balaban J connectivity index is 2.04. The minimum atomic E-state index is -0.309. The highest BCUT2D eigenvalue weighted by Crippen LogP contribution is 2.35. The number of hydrogen-bond acceptors (Lipinski definition) is 3. The number of fused-ring (bicyclic) bond motifs is 2. The van der Waals surface area contributed by atoms with Crippen LogP contribution in [0.4, 0.5) is 0 Å². The van der Waals surface area contributed by atoms with Gasteiger partial charge in [0.15, 0.2) is 0 Å². The topological polar surface area (TPSA) is 38.8 Å². The number of nitrogens with zero attached hydrogens (tertiary/aromatic N) is 1. The first-order chi connectivity index (χ1) is 7.65. The second-order valence-corrected chi connectivity index (χ2v) is 4.43. The maximum absolute atomic E-state index is 12.1. The molecule has 1 saturated heterocycles. The van der Waals surface area contributed by atoms with Gasteiger partial charge in [-0.25, -0.2) is 0 Å². The molecular formula is C11H10ClNO3. The summed E-state index contributed by atoms with van der Waals surface area (Å²) in [4.78, 5) is 17.4. The molecule has 0 aliphatic carbocycles. The molecule has 0 spiro atoms. The van der Waals surface area contributed by atoms with Crippen molar-refractivity contribution in [3.05, 3.63) is 28.8 Å². The number of amides is 1. The summed E-state index contributed by atoms with van der Waals surface area (Å²) in [7, 11) is 0. The van der Waals surface area contributed by atoms with E-state index in [0.717, 1.165) is 0 Å². The van der Waals surface area contributed by atoms with Crippen LogP contribution >= 0.6 is 11.6 Å². The fourth-order valence-corrected chi connectivity index (χ4v) is 2.17. The molecular weight excluding hydrogens is 230 g/mol. The number of benzene rings is 1. The van der Waals surface area contributed by atoms with Gasteiger partial charge in [0.2, 0.25) is 6.23 Å². The zero-order valence-electron chi connectivity index (χ0n) is 8.64. The van der Waals surface area contributed by atoms with Gasteiger partial charge in [-0.15, -0.1) is 0 Å². The SMILES string of the molecule is C[C@@H]1C[C@H]2Oc3ccc(Cl)cc3C(=O)N2O1. The molecule has 1 amide bonds. The molecule has 5 heteroatoms. The molecule has 1 fully saturated rings. The summed E-state index contributed by atoms with van der Waals surface area (Å²) in [5.41, 5.74) is 0.456. The molecule has 2 atom stereocenters. The number of halogens is 1. The van der Waals surface area contributed by atoms with Crippen molar-refractivity contribution in [2.24, 2.45) is 0 Å². The van der Waals surface area contributed by atoms with E-state index in [4.69, 9.17) is 21.2 Å². The second-order valence-electron chi connectivity index (χ2n) is 4.00. The van der Waals surface area contributed by atoms with Crippen molar-refractivity contribution in [2.45, 2.75) is 25.7 Å². The molecule has 0 bridgehead atoms. The third-order valence-electron chi connectivity index (χ3n) is 2.72. The Morgan fingerprint density at radius 1 is 1.50 bits per heavy atom. The fourth-order valence-electron chi connectivity index (χ4n) is 2.00. The molecule has 0 N–H and O–H groups in total. The van der Waals surface area contributed by atoms with Crippen LogP contribution in [0.3, 0.4) is 0 Å². The van der Waals surface area contributed by atoms with Crippen molar-refractivity contribution < 1.29 is 14.4 Å². The summed E-state index contributed by atoms with van der Waals surface area (Å²) in [6.45, 7) is 1.91. The van der Waals surface area contributed by atoms with Gasteiger partial charge in [-0.1, -0.05) is 11.6 Å². The van der Waals surface area contributed by atoms with Gasteiger partial charge in [0, 0.05) is 11.4 Å². The van der Waals surface area contributed by atoms with Crippen molar-refractivity contribution in [3.8, 4) is 5.75 Å². The van der Waals surface area contributed by atoms with Gasteiger partial charge in [-0.3, -0.25) is 9.63 Å². The highest BCUT2D eigenvalue weighted by atomic mass is 35.5. The molecule has 84 valence electrons. The van der Waals surface area contributed by atoms with Gasteiger partial charge in [-0.05, 0) is 25.1 Å². The average molecular weight is 240 g/mol. The lowest BCUT2D eigenvalue weighted by Crippen LogP contribution is -2.42. The Hall–Kier alpha value is -1.26. The Bertz CT molecular complexity index is 463. The van der Waals surface area contributed by atoms with Crippen molar-refractivity contribution in [1.29, 1.82) is 0 Å². The number of ether oxygens (including phenoxy) is 1. The molecule has 0 aromatic heterocycles. The summed E-state index contributed by atoms with van der Waals surface area (Å²) in [5, 5.41) is 1.81. The first kappa shape index (κ1) is 9.93. The van der Waals surface area contributed by atoms with Gasteiger partial charge in [0.05, 0.1) is 11.7 Å². The largest absolute Gasteiger partial charge is 0.467 e. The van der Waals surface area contributed by atoms with Crippen LogP contribution in [0.25, 0.3) is 0 Å². The zero-order chi connectivity index (χ0) is 11.3. The van der Waals surface area contributed by atoms with E-state index in [1.807, 2.05) is 6.92 Å². The van der Waals surface area contributed by atoms with E-state index < -0.39 is 0 Å². The molecule has 2 aliphatic rings. The van der Waals surface area contributed by atoms with Crippen LogP contribution in [0, 0.1) is 0 Å². The summed E-state index contributed by atoms with van der Waals surface area (Å²) in [5.74, 6) is 0.395. The first-order valence-electron chi connectivity index (χ1n) is 5.11. The quantitative estimate of drug-likeness (QED) is 0.697. The highest BCUT2D eigenvalue weighted by Gasteiger charge is 2.41. The summed E-state index contributed by atoms with van der Waals surface area (Å²) < 4.78 is 5.67. The maximum Gasteiger partial charge on any atom is 0.284 e. The molecule has 4 nitrogen and oxygen atoms in total. The van der Waals surface area contributed by atoms with Crippen LogP contribution in [-0.4, -0.2) is 23.3 Å². The Morgan fingerprint density at radius 3 is 3.12 bits per heavy atom. The molecule has 0 saturated carbocycles. The van der Waals surface area contributed by atoms with Crippen LogP contribution in [0.5, 0.6) is 5.75 Å². The Kier molecular flexibility index (Phi) is 2.09. The summed E-state index contributed by atoms with van der Waals surface area (Å²) >= 11 is 5.85. The summed E-state index contributed by atoms with van der Waals surface area (Å²) in [6, 6.07) is 5.03. The molecule has 2 aliphatic heterocycles. The fraction of sp³-hybridized carbons (Fsp3) is 0.364. The van der Waals surface area contributed by atoms with Crippen LogP contribution < -0.4 is 4.74 Å². The molecule has 16 heavy (non-hydrogen) atoms. The van der Waals surface area contributed by atoms with Crippen LogP contribution in [0.2, 0.25) is 5.02 Å². The van der Waals surface area contributed by atoms with Crippen molar-refractivity contribution in [3.63, 3.8) is 0 Å². The minimum Gasteiger partial charge on any atom is -0.467 e. The van der Waals surface area contributed by atoms with Gasteiger partial charge in [0.25, 0.3) is 5.91 Å². The van der Waals surface area contributed by atoms with Crippen LogP contribution in [-0.2, 0) is 4.84 Å². The van der Waals surface area contributed by atoms with Crippen molar-refractivity contribution in [2.75, 3.05) is 0 Å². The van der Waals surface area contributed by atoms with E-state index in [2.05, 4.69) is 0 Å². The number of carbonyl (C=O) groups is 1. The zero-order valence-corrected chi connectivity index (χ0v) is 9.40. The highest BCUT2D eigenvalue weighted by molar-refractivity contribution is 6.31. The van der Waals surface area contributed by atoms with E-state index in [0.29, 0.717) is 22.8 Å².